The van der Waals surface area contributed by atoms with E-state index in [1.165, 1.54) is 12.1 Å². The second-order valence-corrected chi connectivity index (χ2v) is 7.78. The second kappa shape index (κ2) is 6.98. The maximum Gasteiger partial charge on any atom is 0.416 e. The lowest BCUT2D eigenvalue weighted by atomic mass is 10.0. The third-order valence-corrected chi connectivity index (χ3v) is 5.42. The first-order valence-corrected chi connectivity index (χ1v) is 8.99. The molecule has 1 aromatic carbocycles. The van der Waals surface area contributed by atoms with E-state index < -0.39 is 46.3 Å². The van der Waals surface area contributed by atoms with E-state index in [-0.39, 0.29) is 23.5 Å². The average molecular weight is 366 g/mol. The van der Waals surface area contributed by atoms with Gasteiger partial charge in [-0.1, -0.05) is 18.2 Å². The lowest BCUT2D eigenvalue weighted by Crippen LogP contribution is -2.44. The standard InChI is InChI=1S/C14H17F3N2O4S/c15-14(16,17)11-4-2-1-3-10(11)12(20)7-18-13(21)19-9-5-6-24(22,23)8-9/h1-4,9,12,20H,5-8H2,(H2,18,19,21)/t9-,12+/m1/s1. The second-order valence-electron chi connectivity index (χ2n) is 5.56. The number of hydrogen-bond donors (Lipinski definition) is 3. The zero-order valence-electron chi connectivity index (χ0n) is 12.5. The molecule has 0 unspecified atom stereocenters. The van der Waals surface area contributed by atoms with Crippen LogP contribution in [-0.2, 0) is 16.0 Å². The summed E-state index contributed by atoms with van der Waals surface area (Å²) in [6.07, 6.45) is -5.87. The number of benzene rings is 1. The van der Waals surface area contributed by atoms with Crippen LogP contribution in [0.3, 0.4) is 0 Å². The van der Waals surface area contributed by atoms with Gasteiger partial charge in [0.25, 0.3) is 0 Å². The highest BCUT2D eigenvalue weighted by molar-refractivity contribution is 7.91. The molecule has 0 aromatic heterocycles. The first-order valence-electron chi connectivity index (χ1n) is 7.17. The third kappa shape index (κ3) is 4.84. The van der Waals surface area contributed by atoms with Gasteiger partial charge < -0.3 is 15.7 Å². The number of carbonyl (C=O) groups is 1. The van der Waals surface area contributed by atoms with Gasteiger partial charge in [0.05, 0.1) is 23.2 Å². The number of alkyl halides is 3. The Balaban J connectivity index is 1.92. The Labute approximate surface area is 137 Å². The lowest BCUT2D eigenvalue weighted by molar-refractivity contribution is -0.139. The molecular weight excluding hydrogens is 349 g/mol. The molecule has 1 aliphatic rings. The van der Waals surface area contributed by atoms with Crippen molar-refractivity contribution in [1.82, 2.24) is 10.6 Å². The van der Waals surface area contributed by atoms with Crippen LogP contribution in [0.5, 0.6) is 0 Å². The van der Waals surface area contributed by atoms with Gasteiger partial charge in [-0.05, 0) is 18.1 Å². The van der Waals surface area contributed by atoms with E-state index in [4.69, 9.17) is 0 Å². The van der Waals surface area contributed by atoms with Crippen LogP contribution in [-0.4, -0.2) is 43.6 Å². The van der Waals surface area contributed by atoms with Crippen molar-refractivity contribution in [2.45, 2.75) is 24.7 Å². The highest BCUT2D eigenvalue weighted by atomic mass is 32.2. The third-order valence-electron chi connectivity index (χ3n) is 3.65. The van der Waals surface area contributed by atoms with E-state index in [1.54, 1.807) is 0 Å². The Hall–Kier alpha value is -1.81. The molecule has 10 heteroatoms. The first-order chi connectivity index (χ1) is 11.1. The number of sulfone groups is 1. The highest BCUT2D eigenvalue weighted by Crippen LogP contribution is 2.34. The quantitative estimate of drug-likeness (QED) is 0.747. The molecule has 3 N–H and O–H groups in total. The van der Waals surface area contributed by atoms with Gasteiger partial charge >= 0.3 is 12.2 Å². The summed E-state index contributed by atoms with van der Waals surface area (Å²) >= 11 is 0. The van der Waals surface area contributed by atoms with Gasteiger partial charge in [0.2, 0.25) is 0 Å². The Morgan fingerprint density at radius 3 is 2.58 bits per heavy atom. The maximum absolute atomic E-state index is 12.9. The predicted octanol–water partition coefficient (Wildman–Crippen LogP) is 1.23. The normalized spacial score (nSPS) is 21.2. The molecule has 134 valence electrons. The van der Waals surface area contributed by atoms with Gasteiger partial charge in [-0.15, -0.1) is 0 Å². The van der Waals surface area contributed by atoms with Gasteiger partial charge in [0.15, 0.2) is 9.84 Å². The number of aliphatic hydroxyl groups excluding tert-OH is 1. The number of aliphatic hydroxyl groups is 1. The topological polar surface area (TPSA) is 95.5 Å². The van der Waals surface area contributed by atoms with Crippen molar-refractivity contribution in [3.8, 4) is 0 Å². The monoisotopic (exact) mass is 366 g/mol. The zero-order chi connectivity index (χ0) is 18.0. The van der Waals surface area contributed by atoms with E-state index in [0.717, 1.165) is 12.1 Å². The van der Waals surface area contributed by atoms with Crippen molar-refractivity contribution >= 4 is 15.9 Å². The summed E-state index contributed by atoms with van der Waals surface area (Å²) in [5.41, 5.74) is -1.31. The number of hydrogen-bond acceptors (Lipinski definition) is 4. The van der Waals surface area contributed by atoms with Gasteiger partial charge in [-0.25, -0.2) is 13.2 Å². The molecule has 24 heavy (non-hydrogen) atoms. The van der Waals surface area contributed by atoms with Crippen LogP contribution < -0.4 is 10.6 Å². The fraction of sp³-hybridized carbons (Fsp3) is 0.500. The molecule has 2 amide bonds. The van der Waals surface area contributed by atoms with E-state index in [2.05, 4.69) is 10.6 Å². The molecule has 0 saturated carbocycles. The number of rotatable bonds is 4. The molecule has 2 rings (SSSR count). The van der Waals surface area contributed by atoms with Crippen molar-refractivity contribution < 1.29 is 31.5 Å². The smallest absolute Gasteiger partial charge is 0.387 e. The van der Waals surface area contributed by atoms with Crippen molar-refractivity contribution in [3.05, 3.63) is 35.4 Å². The van der Waals surface area contributed by atoms with E-state index >= 15 is 0 Å². The highest BCUT2D eigenvalue weighted by Gasteiger charge is 2.34. The summed E-state index contributed by atoms with van der Waals surface area (Å²) in [5.74, 6) is -0.181. The lowest BCUT2D eigenvalue weighted by Gasteiger charge is -2.18. The molecule has 1 saturated heterocycles. The molecule has 0 bridgehead atoms. The molecule has 2 atom stereocenters. The van der Waals surface area contributed by atoms with Crippen LogP contribution in [0.4, 0.5) is 18.0 Å². The molecule has 0 aliphatic carbocycles. The maximum atomic E-state index is 12.9. The summed E-state index contributed by atoms with van der Waals surface area (Å²) in [5, 5.41) is 14.6. The molecular formula is C14H17F3N2O4S. The van der Waals surface area contributed by atoms with E-state index in [0.29, 0.717) is 0 Å². The molecule has 6 nitrogen and oxygen atoms in total. The molecule has 1 heterocycles. The Kier molecular flexibility index (Phi) is 5.38. The Bertz CT molecular complexity index is 706. The SMILES string of the molecule is O=C(NC[C@H](O)c1ccccc1C(F)(F)F)N[C@@H]1CCS(=O)(=O)C1. The van der Waals surface area contributed by atoms with Crippen LogP contribution in [0, 0.1) is 0 Å². The Morgan fingerprint density at radius 1 is 1.33 bits per heavy atom. The largest absolute Gasteiger partial charge is 0.416 e. The fourth-order valence-electron chi connectivity index (χ4n) is 2.49. The number of nitrogens with one attached hydrogen (secondary N) is 2. The minimum atomic E-state index is -4.61. The van der Waals surface area contributed by atoms with Crippen molar-refractivity contribution in [3.63, 3.8) is 0 Å². The fourth-order valence-corrected chi connectivity index (χ4v) is 4.16. The molecule has 1 fully saturated rings. The van der Waals surface area contributed by atoms with Crippen LogP contribution in [0.2, 0.25) is 0 Å². The van der Waals surface area contributed by atoms with Crippen LogP contribution >= 0.6 is 0 Å². The number of urea groups is 1. The van der Waals surface area contributed by atoms with Crippen molar-refractivity contribution in [2.75, 3.05) is 18.1 Å². The first kappa shape index (κ1) is 18.5. The predicted molar refractivity (Wildman–Crippen MR) is 80.0 cm³/mol. The van der Waals surface area contributed by atoms with Crippen molar-refractivity contribution in [1.29, 1.82) is 0 Å². The summed E-state index contributed by atoms with van der Waals surface area (Å²) in [4.78, 5) is 11.7. The van der Waals surface area contributed by atoms with Crippen molar-refractivity contribution in [2.24, 2.45) is 0 Å². The van der Waals surface area contributed by atoms with Crippen LogP contribution in [0.1, 0.15) is 23.7 Å². The minimum Gasteiger partial charge on any atom is -0.387 e. The summed E-state index contributed by atoms with van der Waals surface area (Å²) in [6, 6.07) is 3.28. The minimum absolute atomic E-state index is 0.0144. The van der Waals surface area contributed by atoms with E-state index in [1.807, 2.05) is 0 Å². The Morgan fingerprint density at radius 2 is 2.00 bits per heavy atom. The van der Waals surface area contributed by atoms with Gasteiger partial charge in [-0.3, -0.25) is 0 Å². The molecule has 1 aliphatic heterocycles. The molecule has 0 spiro atoms. The summed E-state index contributed by atoms with van der Waals surface area (Å²) in [7, 11) is -3.15. The average Bonchev–Trinajstić information content (AvgIpc) is 2.82. The van der Waals surface area contributed by atoms with Gasteiger partial charge in [0, 0.05) is 12.6 Å². The van der Waals surface area contributed by atoms with Gasteiger partial charge in [-0.2, -0.15) is 13.2 Å². The molecule has 1 aromatic rings. The summed E-state index contributed by atoms with van der Waals surface area (Å²) < 4.78 is 61.2. The summed E-state index contributed by atoms with van der Waals surface area (Å²) in [6.45, 7) is -0.432. The van der Waals surface area contributed by atoms with Crippen LogP contribution in [0.25, 0.3) is 0 Å². The van der Waals surface area contributed by atoms with E-state index in [9.17, 15) is 31.5 Å². The molecule has 0 radical (unpaired) electrons. The van der Waals surface area contributed by atoms with Crippen LogP contribution in [0.15, 0.2) is 24.3 Å². The zero-order valence-corrected chi connectivity index (χ0v) is 13.3. The number of halogens is 3. The number of carbonyl (C=O) groups excluding carboxylic acids is 1. The number of amides is 2. The van der Waals surface area contributed by atoms with Gasteiger partial charge in [0.1, 0.15) is 0 Å².